The molecule has 112 valence electrons. The highest BCUT2D eigenvalue weighted by molar-refractivity contribution is 5.29. The Morgan fingerprint density at radius 2 is 1.73 bits per heavy atom. The summed E-state index contributed by atoms with van der Waals surface area (Å²) < 4.78 is 2.16. The molecular formula is C19H21N3. The molecule has 2 heterocycles. The third-order valence-corrected chi connectivity index (χ3v) is 3.68. The molecular weight excluding hydrogens is 270 g/mol. The van der Waals surface area contributed by atoms with Gasteiger partial charge in [-0.2, -0.15) is 0 Å². The van der Waals surface area contributed by atoms with Crippen molar-refractivity contribution < 1.29 is 0 Å². The molecule has 0 atom stereocenters. The summed E-state index contributed by atoms with van der Waals surface area (Å²) in [6.07, 6.45) is 2.08. The molecule has 0 saturated carbocycles. The fraction of sp³-hybridized carbons (Fsp3) is 0.211. The van der Waals surface area contributed by atoms with Gasteiger partial charge in [-0.1, -0.05) is 36.4 Å². The molecule has 0 saturated heterocycles. The lowest BCUT2D eigenvalue weighted by Crippen LogP contribution is -2.19. The number of aryl methyl sites for hydroxylation is 1. The van der Waals surface area contributed by atoms with Crippen LogP contribution in [0.15, 0.2) is 66.9 Å². The van der Waals surface area contributed by atoms with E-state index >= 15 is 0 Å². The first-order chi connectivity index (χ1) is 10.7. The van der Waals surface area contributed by atoms with Crippen molar-refractivity contribution in [2.24, 2.45) is 0 Å². The molecule has 3 nitrogen and oxygen atoms in total. The average molecular weight is 291 g/mol. The number of hydrogen-bond acceptors (Lipinski definition) is 2. The zero-order valence-electron chi connectivity index (χ0n) is 13.1. The van der Waals surface area contributed by atoms with Gasteiger partial charge < -0.3 is 4.57 Å². The largest absolute Gasteiger partial charge is 0.304 e. The summed E-state index contributed by atoms with van der Waals surface area (Å²) in [6.45, 7) is 3.85. The predicted octanol–water partition coefficient (Wildman–Crippen LogP) is 3.81. The Balaban J connectivity index is 1.75. The second-order valence-corrected chi connectivity index (χ2v) is 5.66. The lowest BCUT2D eigenvalue weighted by molar-refractivity contribution is 0.313. The van der Waals surface area contributed by atoms with E-state index in [0.29, 0.717) is 0 Å². The number of benzene rings is 1. The van der Waals surface area contributed by atoms with E-state index in [2.05, 4.69) is 76.2 Å². The van der Waals surface area contributed by atoms with Crippen LogP contribution >= 0.6 is 0 Å². The maximum Gasteiger partial charge on any atom is 0.137 e. The lowest BCUT2D eigenvalue weighted by atomic mass is 10.2. The summed E-state index contributed by atoms with van der Waals surface area (Å²) in [4.78, 5) is 6.93. The number of aromatic nitrogens is 2. The molecule has 0 N–H and O–H groups in total. The van der Waals surface area contributed by atoms with Crippen molar-refractivity contribution in [1.29, 1.82) is 0 Å². The van der Waals surface area contributed by atoms with Crippen molar-refractivity contribution in [2.75, 3.05) is 7.05 Å². The summed E-state index contributed by atoms with van der Waals surface area (Å²) in [6, 6.07) is 20.9. The van der Waals surface area contributed by atoms with Crippen LogP contribution in [0, 0.1) is 6.92 Å². The summed E-state index contributed by atoms with van der Waals surface area (Å²) in [5.41, 5.74) is 3.61. The van der Waals surface area contributed by atoms with Crippen molar-refractivity contribution in [1.82, 2.24) is 14.5 Å². The van der Waals surface area contributed by atoms with Gasteiger partial charge in [0, 0.05) is 30.7 Å². The maximum absolute atomic E-state index is 4.61. The van der Waals surface area contributed by atoms with Gasteiger partial charge in [-0.15, -0.1) is 0 Å². The van der Waals surface area contributed by atoms with Gasteiger partial charge in [0.05, 0.1) is 0 Å². The van der Waals surface area contributed by atoms with E-state index < -0.39 is 0 Å². The minimum absolute atomic E-state index is 0.886. The third kappa shape index (κ3) is 3.43. The second kappa shape index (κ2) is 6.58. The van der Waals surface area contributed by atoms with E-state index in [9.17, 15) is 0 Å². The predicted molar refractivity (Wildman–Crippen MR) is 89.9 cm³/mol. The van der Waals surface area contributed by atoms with Gasteiger partial charge in [0.2, 0.25) is 0 Å². The Labute approximate surface area is 131 Å². The maximum atomic E-state index is 4.61. The van der Waals surface area contributed by atoms with E-state index in [1.165, 1.54) is 11.3 Å². The SMILES string of the molecule is Cc1cccc(-n2cccc2CN(C)Cc2ccccc2)n1. The van der Waals surface area contributed by atoms with E-state index in [1.54, 1.807) is 0 Å². The van der Waals surface area contributed by atoms with Crippen LogP contribution in [0.3, 0.4) is 0 Å². The second-order valence-electron chi connectivity index (χ2n) is 5.66. The van der Waals surface area contributed by atoms with E-state index in [1.807, 2.05) is 19.1 Å². The fourth-order valence-electron chi connectivity index (χ4n) is 2.66. The first-order valence-electron chi connectivity index (χ1n) is 7.55. The van der Waals surface area contributed by atoms with Gasteiger partial charge >= 0.3 is 0 Å². The zero-order chi connectivity index (χ0) is 15.4. The van der Waals surface area contributed by atoms with Crippen LogP contribution in [0.5, 0.6) is 0 Å². The van der Waals surface area contributed by atoms with E-state index in [0.717, 1.165) is 24.6 Å². The monoisotopic (exact) mass is 291 g/mol. The van der Waals surface area contributed by atoms with E-state index in [4.69, 9.17) is 0 Å². The summed E-state index contributed by atoms with van der Waals surface area (Å²) in [7, 11) is 2.15. The van der Waals surface area contributed by atoms with Crippen LogP contribution in [0.25, 0.3) is 5.82 Å². The van der Waals surface area contributed by atoms with Crippen molar-refractivity contribution in [3.63, 3.8) is 0 Å². The molecule has 3 aromatic rings. The molecule has 0 aliphatic rings. The Kier molecular flexibility index (Phi) is 4.35. The summed E-state index contributed by atoms with van der Waals surface area (Å²) >= 11 is 0. The van der Waals surface area contributed by atoms with Gasteiger partial charge in [0.15, 0.2) is 0 Å². The molecule has 1 aromatic carbocycles. The van der Waals surface area contributed by atoms with Crippen LogP contribution < -0.4 is 0 Å². The quantitative estimate of drug-likeness (QED) is 0.712. The smallest absolute Gasteiger partial charge is 0.137 e. The lowest BCUT2D eigenvalue weighted by Gasteiger charge is -2.18. The molecule has 0 radical (unpaired) electrons. The Morgan fingerprint density at radius 1 is 0.909 bits per heavy atom. The molecule has 3 rings (SSSR count). The molecule has 22 heavy (non-hydrogen) atoms. The highest BCUT2D eigenvalue weighted by Gasteiger charge is 2.08. The molecule has 0 amide bonds. The normalized spacial score (nSPS) is 11.0. The minimum atomic E-state index is 0.886. The van der Waals surface area contributed by atoms with Gasteiger partial charge in [0.25, 0.3) is 0 Å². The highest BCUT2D eigenvalue weighted by Crippen LogP contribution is 2.14. The number of hydrogen-bond donors (Lipinski definition) is 0. The first kappa shape index (κ1) is 14.5. The van der Waals surface area contributed by atoms with Crippen LogP contribution in [0.1, 0.15) is 17.0 Å². The van der Waals surface area contributed by atoms with Crippen LogP contribution in [0.4, 0.5) is 0 Å². The van der Waals surface area contributed by atoms with Gasteiger partial charge in [-0.3, -0.25) is 4.90 Å². The van der Waals surface area contributed by atoms with Crippen molar-refractivity contribution in [3.8, 4) is 5.82 Å². The molecule has 0 aliphatic carbocycles. The van der Waals surface area contributed by atoms with Crippen molar-refractivity contribution >= 4 is 0 Å². The minimum Gasteiger partial charge on any atom is -0.304 e. The molecule has 0 spiro atoms. The molecule has 0 fully saturated rings. The van der Waals surface area contributed by atoms with Gasteiger partial charge in [-0.05, 0) is 43.8 Å². The Hall–Kier alpha value is -2.39. The first-order valence-corrected chi connectivity index (χ1v) is 7.55. The topological polar surface area (TPSA) is 21.1 Å². The average Bonchev–Trinajstić information content (AvgIpc) is 2.96. The molecule has 0 unspecified atom stereocenters. The van der Waals surface area contributed by atoms with Crippen LogP contribution in [0.2, 0.25) is 0 Å². The van der Waals surface area contributed by atoms with Gasteiger partial charge in [-0.25, -0.2) is 4.98 Å². The number of nitrogens with zero attached hydrogens (tertiary/aromatic N) is 3. The molecule has 0 bridgehead atoms. The zero-order valence-corrected chi connectivity index (χ0v) is 13.1. The molecule has 0 aliphatic heterocycles. The third-order valence-electron chi connectivity index (χ3n) is 3.68. The standard InChI is InChI=1S/C19H21N3/c1-16-8-6-12-19(20-16)22-13-7-11-18(22)15-21(2)14-17-9-4-3-5-10-17/h3-13H,14-15H2,1-2H3. The van der Waals surface area contributed by atoms with E-state index in [-0.39, 0.29) is 0 Å². The molecule has 3 heteroatoms. The highest BCUT2D eigenvalue weighted by atomic mass is 15.1. The Morgan fingerprint density at radius 3 is 2.50 bits per heavy atom. The van der Waals surface area contributed by atoms with Crippen LogP contribution in [-0.4, -0.2) is 21.5 Å². The molecule has 2 aromatic heterocycles. The fourth-order valence-corrected chi connectivity index (χ4v) is 2.66. The van der Waals surface area contributed by atoms with Crippen molar-refractivity contribution in [2.45, 2.75) is 20.0 Å². The number of rotatable bonds is 5. The summed E-state index contributed by atoms with van der Waals surface area (Å²) in [5, 5.41) is 0. The summed E-state index contributed by atoms with van der Waals surface area (Å²) in [5.74, 6) is 0.980. The van der Waals surface area contributed by atoms with Crippen LogP contribution in [-0.2, 0) is 13.1 Å². The van der Waals surface area contributed by atoms with Gasteiger partial charge in [0.1, 0.15) is 5.82 Å². The van der Waals surface area contributed by atoms with Crippen molar-refractivity contribution in [3.05, 3.63) is 83.8 Å². The number of pyridine rings is 1. The Bertz CT molecular complexity index is 731.